The number of phenolic OH excluding ortho intramolecular Hbond substituents is 1. The Balaban J connectivity index is 2.63. The highest BCUT2D eigenvalue weighted by Gasteiger charge is 2.17. The van der Waals surface area contributed by atoms with Gasteiger partial charge in [-0.15, -0.1) is 12.6 Å². The molecule has 0 saturated carbocycles. The fourth-order valence-electron chi connectivity index (χ4n) is 1.57. The molecule has 1 aromatic carbocycles. The fourth-order valence-corrected chi connectivity index (χ4v) is 2.37. The Morgan fingerprint density at radius 3 is 2.82 bits per heavy atom. The first-order valence-corrected chi connectivity index (χ1v) is 6.25. The molecule has 0 spiro atoms. The topological polar surface area (TPSA) is 50.2 Å². The minimum atomic E-state index is -0.370. The van der Waals surface area contributed by atoms with Gasteiger partial charge in [-0.1, -0.05) is 0 Å². The highest BCUT2D eigenvalue weighted by atomic mass is 79.9. The number of aromatic nitrogens is 1. The molecule has 0 amide bonds. The van der Waals surface area contributed by atoms with Crippen LogP contribution in [0.1, 0.15) is 18.5 Å². The molecule has 1 heterocycles. The van der Waals surface area contributed by atoms with E-state index in [0.29, 0.717) is 5.69 Å². The maximum atomic E-state index is 11.2. The summed E-state index contributed by atoms with van der Waals surface area (Å²) < 4.78 is 0.741. The lowest BCUT2D eigenvalue weighted by Gasteiger charge is -2.10. The molecular formula is C12H10BrNO2S. The Kier molecular flexibility index (Phi) is 3.40. The second-order valence-corrected chi connectivity index (χ2v) is 5.09. The van der Waals surface area contributed by atoms with Gasteiger partial charge in [-0.3, -0.25) is 9.78 Å². The molecule has 0 aliphatic carbocycles. The summed E-state index contributed by atoms with van der Waals surface area (Å²) in [5, 5.41) is 9.97. The quantitative estimate of drug-likeness (QED) is 0.837. The molecule has 1 aromatic heterocycles. The van der Waals surface area contributed by atoms with Gasteiger partial charge in [0.25, 0.3) is 0 Å². The Morgan fingerprint density at radius 1 is 1.47 bits per heavy atom. The van der Waals surface area contributed by atoms with Crippen LogP contribution in [0.2, 0.25) is 0 Å². The third-order valence-corrected chi connectivity index (χ3v) is 3.58. The van der Waals surface area contributed by atoms with Crippen molar-refractivity contribution in [3.8, 4) is 5.75 Å². The third kappa shape index (κ3) is 2.45. The van der Waals surface area contributed by atoms with Crippen LogP contribution in [0.3, 0.4) is 0 Å². The van der Waals surface area contributed by atoms with E-state index < -0.39 is 0 Å². The maximum Gasteiger partial charge on any atom is 0.194 e. The fraction of sp³-hybridized carbons (Fsp3) is 0.167. The number of thiol groups is 1. The van der Waals surface area contributed by atoms with Gasteiger partial charge in [0.15, 0.2) is 5.12 Å². The summed E-state index contributed by atoms with van der Waals surface area (Å²) in [4.78, 5) is 15.7. The van der Waals surface area contributed by atoms with Crippen molar-refractivity contribution in [2.45, 2.75) is 12.8 Å². The highest BCUT2D eigenvalue weighted by Crippen LogP contribution is 2.29. The second-order valence-electron chi connectivity index (χ2n) is 3.79. The van der Waals surface area contributed by atoms with Gasteiger partial charge in [0.2, 0.25) is 0 Å². The van der Waals surface area contributed by atoms with Crippen molar-refractivity contribution in [3.05, 3.63) is 34.4 Å². The average Bonchev–Trinajstić information content (AvgIpc) is 2.27. The molecule has 0 bridgehead atoms. The molecule has 0 aliphatic heterocycles. The largest absolute Gasteiger partial charge is 0.508 e. The number of carbonyl (C=O) groups is 1. The molecule has 0 radical (unpaired) electrons. The maximum absolute atomic E-state index is 11.2. The second kappa shape index (κ2) is 4.66. The number of benzene rings is 1. The Labute approximate surface area is 112 Å². The van der Waals surface area contributed by atoms with Crippen LogP contribution >= 0.6 is 28.6 Å². The molecule has 1 atom stereocenters. The van der Waals surface area contributed by atoms with Gasteiger partial charge in [0.1, 0.15) is 5.75 Å². The minimum absolute atomic E-state index is 0.192. The number of pyridine rings is 1. The summed E-state index contributed by atoms with van der Waals surface area (Å²) in [5.74, 6) is -0.178. The van der Waals surface area contributed by atoms with Crippen LogP contribution in [0.25, 0.3) is 10.9 Å². The minimum Gasteiger partial charge on any atom is -0.508 e. The highest BCUT2D eigenvalue weighted by molar-refractivity contribution is 9.10. The van der Waals surface area contributed by atoms with E-state index in [0.717, 1.165) is 15.4 Å². The number of nitrogens with zero attached hydrogens (tertiary/aromatic N) is 1. The van der Waals surface area contributed by atoms with Gasteiger partial charge in [0, 0.05) is 9.86 Å². The molecule has 2 aromatic rings. The van der Waals surface area contributed by atoms with Crippen LogP contribution < -0.4 is 0 Å². The summed E-state index contributed by atoms with van der Waals surface area (Å²) in [6.45, 7) is 1.76. The number of aromatic hydroxyl groups is 1. The van der Waals surface area contributed by atoms with Gasteiger partial charge in [-0.05, 0) is 47.1 Å². The third-order valence-electron chi connectivity index (χ3n) is 2.56. The van der Waals surface area contributed by atoms with Crippen molar-refractivity contribution < 1.29 is 9.90 Å². The zero-order chi connectivity index (χ0) is 12.6. The normalized spacial score (nSPS) is 12.6. The first-order valence-electron chi connectivity index (χ1n) is 5.01. The molecule has 5 heteroatoms. The number of rotatable bonds is 2. The van der Waals surface area contributed by atoms with Gasteiger partial charge < -0.3 is 5.11 Å². The molecule has 17 heavy (non-hydrogen) atoms. The summed E-state index contributed by atoms with van der Waals surface area (Å²) in [6.07, 6.45) is 0. The monoisotopic (exact) mass is 311 g/mol. The number of fused-ring (bicyclic) bond motifs is 1. The zero-order valence-corrected chi connectivity index (χ0v) is 11.5. The van der Waals surface area contributed by atoms with Crippen molar-refractivity contribution in [2.24, 2.45) is 0 Å². The van der Waals surface area contributed by atoms with Crippen LogP contribution in [0.4, 0.5) is 0 Å². The number of phenols is 1. The number of hydrogen-bond acceptors (Lipinski definition) is 3. The molecule has 3 nitrogen and oxygen atoms in total. The molecular weight excluding hydrogens is 302 g/mol. The van der Waals surface area contributed by atoms with Gasteiger partial charge >= 0.3 is 0 Å². The first-order chi connectivity index (χ1) is 7.99. The summed E-state index contributed by atoms with van der Waals surface area (Å²) in [6, 6.07) is 6.76. The van der Waals surface area contributed by atoms with Crippen LogP contribution in [0, 0.1) is 0 Å². The molecule has 0 fully saturated rings. The lowest BCUT2D eigenvalue weighted by atomic mass is 10.1. The predicted octanol–water partition coefficient (Wildman–Crippen LogP) is 3.26. The van der Waals surface area contributed by atoms with E-state index >= 15 is 0 Å². The molecule has 1 unspecified atom stereocenters. The van der Waals surface area contributed by atoms with Crippen LogP contribution in [0.5, 0.6) is 5.75 Å². The molecule has 1 N–H and O–H groups in total. The van der Waals surface area contributed by atoms with Crippen LogP contribution in [-0.2, 0) is 4.79 Å². The lowest BCUT2D eigenvalue weighted by Crippen LogP contribution is -2.05. The van der Waals surface area contributed by atoms with E-state index in [2.05, 4.69) is 33.5 Å². The SMILES string of the molecule is CC(C(=O)S)c1nc2ccc(O)cc2cc1Br. The molecule has 2 rings (SSSR count). The Hall–Kier alpha value is -1.07. The van der Waals surface area contributed by atoms with Gasteiger partial charge in [-0.2, -0.15) is 0 Å². The lowest BCUT2D eigenvalue weighted by molar-refractivity contribution is -0.111. The zero-order valence-electron chi connectivity index (χ0n) is 9.01. The van der Waals surface area contributed by atoms with E-state index in [-0.39, 0.29) is 16.8 Å². The van der Waals surface area contributed by atoms with Crippen molar-refractivity contribution >= 4 is 44.6 Å². The Bertz CT molecular complexity index is 600. The summed E-state index contributed by atoms with van der Waals surface area (Å²) in [5.41, 5.74) is 1.39. The average molecular weight is 312 g/mol. The number of carbonyl (C=O) groups excluding carboxylic acids is 1. The number of halogens is 1. The van der Waals surface area contributed by atoms with Gasteiger partial charge in [-0.25, -0.2) is 0 Å². The van der Waals surface area contributed by atoms with Crippen molar-refractivity contribution in [2.75, 3.05) is 0 Å². The van der Waals surface area contributed by atoms with Crippen molar-refractivity contribution in [3.63, 3.8) is 0 Å². The van der Waals surface area contributed by atoms with E-state index in [9.17, 15) is 9.90 Å². The number of hydrogen-bond donors (Lipinski definition) is 2. The Morgan fingerprint density at radius 2 is 2.18 bits per heavy atom. The van der Waals surface area contributed by atoms with Crippen molar-refractivity contribution in [1.29, 1.82) is 0 Å². The van der Waals surface area contributed by atoms with Gasteiger partial charge in [0.05, 0.1) is 17.1 Å². The summed E-state index contributed by atoms with van der Waals surface area (Å²) >= 11 is 7.20. The smallest absolute Gasteiger partial charge is 0.194 e. The molecule has 0 saturated heterocycles. The van der Waals surface area contributed by atoms with E-state index in [1.54, 1.807) is 25.1 Å². The predicted molar refractivity (Wildman–Crippen MR) is 73.5 cm³/mol. The van der Waals surface area contributed by atoms with E-state index in [4.69, 9.17) is 0 Å². The molecule has 88 valence electrons. The first kappa shape index (κ1) is 12.4. The summed E-state index contributed by atoms with van der Waals surface area (Å²) in [7, 11) is 0. The van der Waals surface area contributed by atoms with E-state index in [1.807, 2.05) is 6.07 Å². The standard InChI is InChI=1S/C12H10BrNO2S/c1-6(12(16)17)11-9(13)5-7-4-8(15)2-3-10(7)14-11/h2-6,15H,1H3,(H,16,17). The van der Waals surface area contributed by atoms with Crippen molar-refractivity contribution in [1.82, 2.24) is 4.98 Å². The van der Waals surface area contributed by atoms with Crippen LogP contribution in [0.15, 0.2) is 28.7 Å². The molecule has 0 aliphatic rings. The van der Waals surface area contributed by atoms with E-state index in [1.165, 1.54) is 0 Å². The van der Waals surface area contributed by atoms with Crippen LogP contribution in [-0.4, -0.2) is 15.2 Å².